The number of Topliss-reactive ketones (excluding diaryl/α,β-unsaturated/α-hetero) is 3. The van der Waals surface area contributed by atoms with E-state index in [9.17, 15) is 39.0 Å². The Labute approximate surface area is 474 Å². The third-order valence-electron chi connectivity index (χ3n) is 17.2. The van der Waals surface area contributed by atoms with Gasteiger partial charge in [-0.2, -0.15) is 0 Å². The molecular formula is C64H90N2O14. The predicted molar refractivity (Wildman–Crippen MR) is 305 cm³/mol. The molecule has 2 saturated heterocycles. The third kappa shape index (κ3) is 16.9. The summed E-state index contributed by atoms with van der Waals surface area (Å²) in [7, 11) is 4.54. The SMILES string of the molecule is COC1CC2CC[C@@H](C)[C@@](O)(O2)C(=O)C(=O)N2CCCC[C@H]2C(=O)OC(C(C)CC2CC[C@@H](OC(=O)NCCc3ccc4ccccc4c3)C(OC)C2)CC(=O)C(C)/C=C(/C)[C@@H](O)C(OC)C(=O)[C@H](C)CC(C)\C=C/C=C\C=C/1C. The van der Waals surface area contributed by atoms with E-state index in [0.717, 1.165) is 21.9 Å². The monoisotopic (exact) mass is 1110 g/mol. The van der Waals surface area contributed by atoms with Gasteiger partial charge in [-0.1, -0.05) is 114 Å². The molecule has 3 aliphatic heterocycles. The van der Waals surface area contributed by atoms with Crippen molar-refractivity contribution in [3.63, 3.8) is 0 Å². The number of benzene rings is 2. The zero-order chi connectivity index (χ0) is 58.3. The van der Waals surface area contributed by atoms with Crippen molar-refractivity contribution in [1.82, 2.24) is 10.2 Å². The maximum atomic E-state index is 14.7. The van der Waals surface area contributed by atoms with Crippen molar-refractivity contribution in [3.05, 3.63) is 95.6 Å². The van der Waals surface area contributed by atoms with Gasteiger partial charge in [0.15, 0.2) is 5.78 Å². The summed E-state index contributed by atoms with van der Waals surface area (Å²) in [5, 5.41) is 28.8. The summed E-state index contributed by atoms with van der Waals surface area (Å²) in [4.78, 5) is 86.0. The quantitative estimate of drug-likeness (QED) is 0.115. The summed E-state index contributed by atoms with van der Waals surface area (Å²) in [5.41, 5.74) is 2.34. The molecule has 6 rings (SSSR count). The average molecular weight is 1110 g/mol. The Balaban J connectivity index is 1.21. The number of aliphatic hydroxyl groups is 2. The fourth-order valence-corrected chi connectivity index (χ4v) is 12.1. The molecule has 15 atom stereocenters. The van der Waals surface area contributed by atoms with E-state index in [1.807, 2.05) is 70.2 Å². The maximum Gasteiger partial charge on any atom is 0.407 e. The van der Waals surface area contributed by atoms with Gasteiger partial charge in [0.05, 0.1) is 18.3 Å². The second-order valence-electron chi connectivity index (χ2n) is 23.3. The smallest absolute Gasteiger partial charge is 0.407 e. The first kappa shape index (κ1) is 63.8. The normalized spacial score (nSPS) is 34.9. The van der Waals surface area contributed by atoms with E-state index in [4.69, 9.17) is 28.4 Å². The van der Waals surface area contributed by atoms with Crippen LogP contribution < -0.4 is 5.32 Å². The molecule has 2 aromatic rings. The molecule has 80 heavy (non-hydrogen) atoms. The lowest BCUT2D eigenvalue weighted by Gasteiger charge is -2.42. The number of nitrogens with one attached hydrogen (secondary N) is 1. The topological polar surface area (TPSA) is 214 Å². The van der Waals surface area contributed by atoms with Gasteiger partial charge in [0.25, 0.3) is 11.7 Å². The van der Waals surface area contributed by atoms with Crippen LogP contribution in [0.4, 0.5) is 4.79 Å². The molecule has 3 N–H and O–H groups in total. The van der Waals surface area contributed by atoms with Gasteiger partial charge < -0.3 is 48.9 Å². The highest BCUT2D eigenvalue weighted by Crippen LogP contribution is 2.38. The highest BCUT2D eigenvalue weighted by molar-refractivity contribution is 6.39. The number of allylic oxidation sites excluding steroid dienone is 6. The van der Waals surface area contributed by atoms with Crippen LogP contribution in [0.15, 0.2) is 90.1 Å². The number of ether oxygens (including phenoxy) is 6. The summed E-state index contributed by atoms with van der Waals surface area (Å²) in [5.74, 6) is -8.34. The lowest BCUT2D eigenvalue weighted by Crippen LogP contribution is -2.61. The molecule has 0 aromatic heterocycles. The number of nitrogens with zero attached hydrogens (tertiary/aromatic N) is 1. The number of carbonyl (C=O) groups excluding carboxylic acids is 6. The fourth-order valence-electron chi connectivity index (χ4n) is 12.1. The minimum atomic E-state index is -2.46. The van der Waals surface area contributed by atoms with E-state index in [-0.39, 0.29) is 42.8 Å². The van der Waals surface area contributed by atoms with Gasteiger partial charge in [-0.3, -0.25) is 19.2 Å². The van der Waals surface area contributed by atoms with E-state index in [1.165, 1.54) is 12.0 Å². The number of ketones is 3. The number of fused-ring (bicyclic) bond motifs is 4. The van der Waals surface area contributed by atoms with E-state index in [2.05, 4.69) is 35.6 Å². The first-order valence-corrected chi connectivity index (χ1v) is 29.1. The molecule has 0 radical (unpaired) electrons. The molecule has 4 aliphatic rings. The summed E-state index contributed by atoms with van der Waals surface area (Å²) >= 11 is 0. The maximum absolute atomic E-state index is 14.7. The van der Waals surface area contributed by atoms with Gasteiger partial charge >= 0.3 is 12.1 Å². The van der Waals surface area contributed by atoms with E-state index >= 15 is 0 Å². The molecular weight excluding hydrogens is 1020 g/mol. The number of amides is 2. The first-order chi connectivity index (χ1) is 38.2. The second-order valence-corrected chi connectivity index (χ2v) is 23.3. The number of aliphatic hydroxyl groups excluding tert-OH is 1. The van der Waals surface area contributed by atoms with Crippen molar-refractivity contribution in [2.45, 2.75) is 186 Å². The van der Waals surface area contributed by atoms with Crippen LogP contribution in [0.5, 0.6) is 0 Å². The highest BCUT2D eigenvalue weighted by Gasteiger charge is 2.53. The molecule has 2 aromatic carbocycles. The van der Waals surface area contributed by atoms with Gasteiger partial charge in [-0.15, -0.1) is 0 Å². The third-order valence-corrected chi connectivity index (χ3v) is 17.2. The van der Waals surface area contributed by atoms with Crippen LogP contribution in [0, 0.1) is 35.5 Å². The summed E-state index contributed by atoms with van der Waals surface area (Å²) in [6, 6.07) is 13.2. The molecule has 16 nitrogen and oxygen atoms in total. The lowest BCUT2D eigenvalue weighted by atomic mass is 9.78. The molecule has 1 aliphatic carbocycles. The highest BCUT2D eigenvalue weighted by atomic mass is 16.6. The van der Waals surface area contributed by atoms with Gasteiger partial charge in [-0.25, -0.2) is 9.59 Å². The molecule has 2 amide bonds. The van der Waals surface area contributed by atoms with Gasteiger partial charge in [-0.05, 0) is 130 Å². The zero-order valence-electron chi connectivity index (χ0n) is 48.9. The van der Waals surface area contributed by atoms with Crippen LogP contribution in [-0.4, -0.2) is 139 Å². The molecule has 440 valence electrons. The number of hydrogen-bond acceptors (Lipinski definition) is 14. The standard InChI is InChI=1S/C64H90N2O14/c1-39-18-12-11-13-19-40(2)54(75-8)37-50-27-23-45(7)64(74,80-50)60(70)61(71)66-31-17-16-22-51(66)62(72)78-55(38-52(67)41(3)33-44(6)58(69)59(77-10)57(68)43(5)32-39)42(4)34-47-25-28-53(56(36-47)76-9)79-63(73)65-30-29-46-24-26-48-20-14-15-21-49(48)35-46/h11-15,18-21,24,26,33,35,39,41-43,45,47,50-51,53-56,58-59,69,74H,16-17,22-23,25,27-32,34,36-38H2,1-10H3,(H,65,73)/b13-11-,18-12-,40-19-,44-33-/t39?,41?,42?,43-,45-,47?,50?,51+,53-,54?,55?,56?,58-,59?,64-/m1/s1. The van der Waals surface area contributed by atoms with Gasteiger partial charge in [0, 0.05) is 65.0 Å². The Morgan fingerprint density at radius 3 is 2.31 bits per heavy atom. The molecule has 2 bridgehead atoms. The van der Waals surface area contributed by atoms with Crippen LogP contribution in [-0.2, 0) is 58.8 Å². The van der Waals surface area contributed by atoms with Crippen LogP contribution in [0.25, 0.3) is 10.8 Å². The summed E-state index contributed by atoms with van der Waals surface area (Å²) in [6.07, 6.45) is 10.7. The molecule has 9 unspecified atom stereocenters. The van der Waals surface area contributed by atoms with Crippen molar-refractivity contribution in [2.24, 2.45) is 35.5 Å². The molecule has 1 saturated carbocycles. The largest absolute Gasteiger partial charge is 0.460 e. The Morgan fingerprint density at radius 2 is 1.59 bits per heavy atom. The number of methoxy groups -OCH3 is 3. The molecule has 16 heteroatoms. The van der Waals surface area contributed by atoms with Gasteiger partial charge in [0.1, 0.15) is 36.2 Å². The Hall–Kier alpha value is -5.36. The number of cyclic esters (lactones) is 1. The summed E-state index contributed by atoms with van der Waals surface area (Å²) in [6.45, 7) is 13.1. The van der Waals surface area contributed by atoms with Crippen LogP contribution in [0.2, 0.25) is 0 Å². The van der Waals surface area contributed by atoms with Crippen molar-refractivity contribution in [3.8, 4) is 0 Å². The van der Waals surface area contributed by atoms with Crippen molar-refractivity contribution >= 4 is 46.1 Å². The molecule has 0 spiro atoms. The molecule has 3 heterocycles. The molecule has 3 fully saturated rings. The lowest BCUT2D eigenvalue weighted by molar-refractivity contribution is -0.265. The first-order valence-electron chi connectivity index (χ1n) is 29.1. The van der Waals surface area contributed by atoms with Crippen molar-refractivity contribution < 1.29 is 67.4 Å². The van der Waals surface area contributed by atoms with Gasteiger partial charge in [0.2, 0.25) is 5.79 Å². The fraction of sp³-hybridized carbons (Fsp3) is 0.625. The van der Waals surface area contributed by atoms with Crippen LogP contribution >= 0.6 is 0 Å². The average Bonchev–Trinajstić information content (AvgIpc) is 3.56. The Bertz CT molecular complexity index is 2570. The number of piperidine rings is 1. The van der Waals surface area contributed by atoms with E-state index < -0.39 is 102 Å². The van der Waals surface area contributed by atoms with Crippen molar-refractivity contribution in [1.29, 1.82) is 0 Å². The number of alkyl carbamates (subject to hydrolysis) is 1. The number of hydrogen-bond donors (Lipinski definition) is 3. The Morgan fingerprint density at radius 1 is 0.838 bits per heavy atom. The summed E-state index contributed by atoms with van der Waals surface area (Å²) < 4.78 is 35.9. The number of carbonyl (C=O) groups is 6. The number of rotatable bonds is 10. The van der Waals surface area contributed by atoms with E-state index in [1.54, 1.807) is 41.1 Å². The minimum absolute atomic E-state index is 0.00119. The second kappa shape index (κ2) is 30.1. The van der Waals surface area contributed by atoms with Crippen LogP contribution in [0.1, 0.15) is 131 Å². The number of esters is 1. The minimum Gasteiger partial charge on any atom is -0.460 e. The van der Waals surface area contributed by atoms with Crippen LogP contribution in [0.3, 0.4) is 0 Å². The predicted octanol–water partition coefficient (Wildman–Crippen LogP) is 9.31. The Kier molecular flexibility index (Phi) is 24.0. The van der Waals surface area contributed by atoms with Crippen molar-refractivity contribution in [2.75, 3.05) is 34.4 Å². The van der Waals surface area contributed by atoms with E-state index in [0.29, 0.717) is 82.7 Å². The zero-order valence-corrected chi connectivity index (χ0v) is 48.9.